The molecular weight excluding hydrogens is 234 g/mol. The predicted molar refractivity (Wildman–Crippen MR) is 67.6 cm³/mol. The molecule has 0 radical (unpaired) electrons. The SMILES string of the molecule is CCOc1ccc(C(=O)CC(C)C[N+](=O)[O-])cc1. The fraction of sp³-hybridized carbons (Fsp3) is 0.462. The van der Waals surface area contributed by atoms with E-state index in [9.17, 15) is 14.9 Å². The van der Waals surface area contributed by atoms with E-state index in [1.54, 1.807) is 31.2 Å². The van der Waals surface area contributed by atoms with Crippen molar-refractivity contribution in [1.82, 2.24) is 0 Å². The minimum Gasteiger partial charge on any atom is -0.494 e. The zero-order valence-electron chi connectivity index (χ0n) is 10.6. The molecule has 0 aliphatic carbocycles. The van der Waals surface area contributed by atoms with Crippen molar-refractivity contribution >= 4 is 5.78 Å². The highest BCUT2D eigenvalue weighted by Crippen LogP contribution is 2.15. The maximum absolute atomic E-state index is 11.8. The van der Waals surface area contributed by atoms with Gasteiger partial charge in [0.1, 0.15) is 5.75 Å². The second-order valence-electron chi connectivity index (χ2n) is 4.21. The Morgan fingerprint density at radius 3 is 2.50 bits per heavy atom. The Hall–Kier alpha value is -1.91. The Morgan fingerprint density at radius 2 is 2.00 bits per heavy atom. The van der Waals surface area contributed by atoms with E-state index < -0.39 is 4.92 Å². The monoisotopic (exact) mass is 251 g/mol. The molecule has 1 aromatic carbocycles. The van der Waals surface area contributed by atoms with E-state index in [-0.39, 0.29) is 24.7 Å². The number of hydrogen-bond acceptors (Lipinski definition) is 4. The van der Waals surface area contributed by atoms with Crippen LogP contribution in [0.25, 0.3) is 0 Å². The Balaban J connectivity index is 2.58. The van der Waals surface area contributed by atoms with Crippen LogP contribution < -0.4 is 4.74 Å². The molecule has 18 heavy (non-hydrogen) atoms. The summed E-state index contributed by atoms with van der Waals surface area (Å²) in [7, 11) is 0. The van der Waals surface area contributed by atoms with Gasteiger partial charge in [0.15, 0.2) is 5.78 Å². The van der Waals surface area contributed by atoms with Crippen LogP contribution in [-0.2, 0) is 0 Å². The number of benzene rings is 1. The van der Waals surface area contributed by atoms with E-state index in [1.165, 1.54) is 0 Å². The van der Waals surface area contributed by atoms with Gasteiger partial charge in [0.25, 0.3) is 0 Å². The fourth-order valence-electron chi connectivity index (χ4n) is 1.66. The molecule has 0 aliphatic rings. The predicted octanol–water partition coefficient (Wildman–Crippen LogP) is 2.57. The molecule has 1 rings (SSSR count). The average molecular weight is 251 g/mol. The third-order valence-electron chi connectivity index (χ3n) is 2.48. The molecule has 0 spiro atoms. The fourth-order valence-corrected chi connectivity index (χ4v) is 1.66. The molecule has 0 saturated carbocycles. The molecule has 0 aromatic heterocycles. The molecule has 0 saturated heterocycles. The van der Waals surface area contributed by atoms with Gasteiger partial charge >= 0.3 is 0 Å². The molecule has 1 atom stereocenters. The lowest BCUT2D eigenvalue weighted by molar-refractivity contribution is -0.487. The molecule has 98 valence electrons. The van der Waals surface area contributed by atoms with Gasteiger partial charge in [-0.25, -0.2) is 0 Å². The number of carbonyl (C=O) groups is 1. The van der Waals surface area contributed by atoms with Crippen molar-refractivity contribution < 1.29 is 14.5 Å². The van der Waals surface area contributed by atoms with E-state index in [2.05, 4.69) is 0 Å². The van der Waals surface area contributed by atoms with Crippen LogP contribution in [0.2, 0.25) is 0 Å². The van der Waals surface area contributed by atoms with Crippen LogP contribution in [0.15, 0.2) is 24.3 Å². The Kier molecular flexibility index (Phi) is 5.30. The summed E-state index contributed by atoms with van der Waals surface area (Å²) in [6, 6.07) is 6.84. The second-order valence-corrected chi connectivity index (χ2v) is 4.21. The number of rotatable bonds is 7. The van der Waals surface area contributed by atoms with Gasteiger partial charge in [-0.15, -0.1) is 0 Å². The topological polar surface area (TPSA) is 69.4 Å². The third kappa shape index (κ3) is 4.53. The number of Topliss-reactive ketones (excluding diaryl/α,β-unsaturated/α-hetero) is 1. The van der Waals surface area contributed by atoms with Crippen LogP contribution in [0.4, 0.5) is 0 Å². The summed E-state index contributed by atoms with van der Waals surface area (Å²) in [4.78, 5) is 21.8. The van der Waals surface area contributed by atoms with Crippen molar-refractivity contribution in [2.24, 2.45) is 5.92 Å². The normalized spacial score (nSPS) is 11.9. The highest BCUT2D eigenvalue weighted by atomic mass is 16.6. The van der Waals surface area contributed by atoms with Crippen LogP contribution >= 0.6 is 0 Å². The van der Waals surface area contributed by atoms with Gasteiger partial charge in [-0.1, -0.05) is 6.92 Å². The zero-order valence-corrected chi connectivity index (χ0v) is 10.6. The van der Waals surface area contributed by atoms with Crippen LogP contribution in [-0.4, -0.2) is 23.9 Å². The molecule has 1 aromatic rings. The molecule has 0 heterocycles. The molecule has 0 amide bonds. The summed E-state index contributed by atoms with van der Waals surface area (Å²) < 4.78 is 5.27. The van der Waals surface area contributed by atoms with Crippen molar-refractivity contribution in [3.8, 4) is 5.75 Å². The average Bonchev–Trinajstić information content (AvgIpc) is 2.29. The van der Waals surface area contributed by atoms with Gasteiger partial charge in [0.2, 0.25) is 6.54 Å². The van der Waals surface area contributed by atoms with Gasteiger partial charge in [-0.2, -0.15) is 0 Å². The highest BCUT2D eigenvalue weighted by Gasteiger charge is 2.15. The number of ether oxygens (including phenoxy) is 1. The number of nitrogens with zero attached hydrogens (tertiary/aromatic N) is 1. The molecular formula is C13H17NO4. The lowest BCUT2D eigenvalue weighted by Gasteiger charge is -2.07. The molecule has 5 nitrogen and oxygen atoms in total. The van der Waals surface area contributed by atoms with Crippen LogP contribution in [0.1, 0.15) is 30.6 Å². The number of carbonyl (C=O) groups excluding carboxylic acids is 1. The summed E-state index contributed by atoms with van der Waals surface area (Å²) in [5.41, 5.74) is 0.564. The van der Waals surface area contributed by atoms with Gasteiger partial charge in [-0.3, -0.25) is 14.9 Å². The van der Waals surface area contributed by atoms with Crippen molar-refractivity contribution in [2.45, 2.75) is 20.3 Å². The largest absolute Gasteiger partial charge is 0.494 e. The third-order valence-corrected chi connectivity index (χ3v) is 2.48. The zero-order chi connectivity index (χ0) is 13.5. The summed E-state index contributed by atoms with van der Waals surface area (Å²) >= 11 is 0. The Bertz CT molecular complexity index is 414. The van der Waals surface area contributed by atoms with E-state index in [1.807, 2.05) is 6.92 Å². The minimum atomic E-state index is -0.393. The summed E-state index contributed by atoms with van der Waals surface area (Å²) in [5, 5.41) is 10.3. The lowest BCUT2D eigenvalue weighted by Crippen LogP contribution is -2.15. The van der Waals surface area contributed by atoms with Gasteiger partial charge in [0, 0.05) is 22.8 Å². The van der Waals surface area contributed by atoms with Crippen LogP contribution in [0, 0.1) is 16.0 Å². The number of nitro groups is 1. The smallest absolute Gasteiger partial charge is 0.206 e. The first-order valence-corrected chi connectivity index (χ1v) is 5.90. The first kappa shape index (κ1) is 14.2. The number of hydrogen-bond donors (Lipinski definition) is 0. The second kappa shape index (κ2) is 6.74. The van der Waals surface area contributed by atoms with Crippen LogP contribution in [0.5, 0.6) is 5.75 Å². The van der Waals surface area contributed by atoms with Crippen molar-refractivity contribution in [3.05, 3.63) is 39.9 Å². The van der Waals surface area contributed by atoms with Crippen molar-refractivity contribution in [2.75, 3.05) is 13.2 Å². The summed E-state index contributed by atoms with van der Waals surface area (Å²) in [6.07, 6.45) is 0.189. The standard InChI is InChI=1S/C13H17NO4/c1-3-18-12-6-4-11(5-7-12)13(15)8-10(2)9-14(16)17/h4-7,10H,3,8-9H2,1-2H3. The highest BCUT2D eigenvalue weighted by molar-refractivity contribution is 5.96. The van der Waals surface area contributed by atoms with Crippen molar-refractivity contribution in [1.29, 1.82) is 0 Å². The van der Waals surface area contributed by atoms with E-state index in [0.717, 1.165) is 0 Å². The minimum absolute atomic E-state index is 0.0765. The first-order chi connectivity index (χ1) is 8.52. The van der Waals surface area contributed by atoms with E-state index in [0.29, 0.717) is 17.9 Å². The molecule has 0 fully saturated rings. The Morgan fingerprint density at radius 1 is 1.39 bits per heavy atom. The maximum atomic E-state index is 11.8. The molecule has 1 unspecified atom stereocenters. The van der Waals surface area contributed by atoms with Gasteiger partial charge < -0.3 is 4.74 Å². The van der Waals surface area contributed by atoms with Gasteiger partial charge in [-0.05, 0) is 31.2 Å². The van der Waals surface area contributed by atoms with E-state index in [4.69, 9.17) is 4.74 Å². The first-order valence-electron chi connectivity index (χ1n) is 5.90. The van der Waals surface area contributed by atoms with Gasteiger partial charge in [0.05, 0.1) is 6.61 Å². The van der Waals surface area contributed by atoms with Crippen molar-refractivity contribution in [3.63, 3.8) is 0 Å². The molecule has 0 bridgehead atoms. The van der Waals surface area contributed by atoms with Crippen LogP contribution in [0.3, 0.4) is 0 Å². The molecule has 5 heteroatoms. The maximum Gasteiger partial charge on any atom is 0.206 e. The lowest BCUT2D eigenvalue weighted by atomic mass is 10.00. The summed E-state index contributed by atoms with van der Waals surface area (Å²) in [6.45, 7) is 3.99. The molecule has 0 aliphatic heterocycles. The summed E-state index contributed by atoms with van der Waals surface area (Å²) in [5.74, 6) is 0.388. The quantitative estimate of drug-likeness (QED) is 0.424. The molecule has 0 N–H and O–H groups in total. The van der Waals surface area contributed by atoms with E-state index >= 15 is 0 Å². The number of ketones is 1. The Labute approximate surface area is 106 Å².